The highest BCUT2D eigenvalue weighted by atomic mass is 79.9. The van der Waals surface area contributed by atoms with Gasteiger partial charge in [-0.05, 0) is 155 Å². The molecule has 51 heteroatoms. The molecular weight excluding hydrogens is 2080 g/mol. The molecular formula is C92H120Br2Cl2F4N34O6S3. The number of alkyl halides is 4. The van der Waals surface area contributed by atoms with Gasteiger partial charge in [-0.15, -0.1) is 10.2 Å². The van der Waals surface area contributed by atoms with Crippen LogP contribution in [0.4, 0.5) is 78.3 Å². The average molecular weight is 2200 g/mol. The summed E-state index contributed by atoms with van der Waals surface area (Å²) in [5, 5.41) is 25.3. The lowest BCUT2D eigenvalue weighted by Gasteiger charge is -2.37. The molecule has 768 valence electrons. The average Bonchev–Trinajstić information content (AvgIpc) is 1.65. The lowest BCUT2D eigenvalue weighted by Crippen LogP contribution is -2.50. The predicted molar refractivity (Wildman–Crippen MR) is 566 cm³/mol. The quantitative estimate of drug-likeness (QED) is 0.0308. The number of carbonyl (C=O) groups excluding carboxylic acids is 2. The molecule has 14 aromatic rings. The number of benzene rings is 1. The zero-order chi connectivity index (χ0) is 101. The summed E-state index contributed by atoms with van der Waals surface area (Å²) in [5.74, 6) is 3.50. The van der Waals surface area contributed by atoms with Crippen LogP contribution >= 0.6 is 78.6 Å². The lowest BCUT2D eigenvalue weighted by molar-refractivity contribution is 0.0230. The van der Waals surface area contributed by atoms with E-state index in [1.807, 2.05) is 98.1 Å². The van der Waals surface area contributed by atoms with Gasteiger partial charge in [-0.1, -0.05) is 62.7 Å². The van der Waals surface area contributed by atoms with E-state index in [1.54, 1.807) is 59.6 Å². The van der Waals surface area contributed by atoms with Gasteiger partial charge in [0.05, 0.1) is 54.3 Å². The Morgan fingerprint density at radius 2 is 0.853 bits per heavy atom. The number of aromatic amines is 6. The maximum Gasteiger partial charge on any atom is 0.410 e. The van der Waals surface area contributed by atoms with Gasteiger partial charge >= 0.3 is 12.2 Å². The first-order valence-electron chi connectivity index (χ1n) is 47.1. The first kappa shape index (κ1) is 107. The zero-order valence-electron chi connectivity index (χ0n) is 80.1. The molecule has 4 atom stereocenters. The van der Waals surface area contributed by atoms with Crippen LogP contribution in [0.2, 0.25) is 10.3 Å². The number of nitrogens with zero attached hydrogens (tertiary/aromatic N) is 24. The Morgan fingerprint density at radius 1 is 0.462 bits per heavy atom. The number of halogens is 8. The number of nitrogens with one attached hydrogen (secondary N) is 10. The van der Waals surface area contributed by atoms with Gasteiger partial charge in [0, 0.05) is 202 Å². The Labute approximate surface area is 861 Å². The monoisotopic (exact) mass is 2200 g/mol. The first-order valence-corrected chi connectivity index (χ1v) is 52.1. The summed E-state index contributed by atoms with van der Waals surface area (Å²) in [5.41, 5.74) is 7.26. The van der Waals surface area contributed by atoms with Crippen LogP contribution in [0.5, 0.6) is 0 Å². The fourth-order valence-corrected chi connectivity index (χ4v) is 20.7. The van der Waals surface area contributed by atoms with Gasteiger partial charge in [-0.25, -0.2) is 95.4 Å². The number of thiocarbonyl (C=S) groups is 1. The summed E-state index contributed by atoms with van der Waals surface area (Å²) in [4.78, 5) is 115. The van der Waals surface area contributed by atoms with Crippen molar-refractivity contribution in [1.82, 2.24) is 125 Å². The molecule has 0 unspecified atom stereocenters. The summed E-state index contributed by atoms with van der Waals surface area (Å²) < 4.78 is 93.7. The van der Waals surface area contributed by atoms with Crippen molar-refractivity contribution in [3.8, 4) is 0 Å². The molecule has 8 fully saturated rings. The Kier molecular flexibility index (Phi) is 36.5. The molecule has 0 radical (unpaired) electrons. The van der Waals surface area contributed by atoms with Gasteiger partial charge in [0.2, 0.25) is 5.13 Å². The molecule has 21 heterocycles. The summed E-state index contributed by atoms with van der Waals surface area (Å²) in [7, 11) is -3.78. The number of hydrogen-bond donors (Lipinski definition) is 10. The molecule has 0 saturated carbocycles. The predicted octanol–water partition coefficient (Wildman–Crippen LogP) is 15.5. The van der Waals surface area contributed by atoms with Gasteiger partial charge in [0.15, 0.2) is 5.11 Å². The van der Waals surface area contributed by atoms with E-state index in [2.05, 4.69) is 187 Å². The maximum atomic E-state index is 13.9. The van der Waals surface area contributed by atoms with Crippen LogP contribution in [0.1, 0.15) is 100 Å². The molecule has 10 N–H and O–H groups in total. The fourth-order valence-electron chi connectivity index (χ4n) is 17.0. The summed E-state index contributed by atoms with van der Waals surface area (Å²) in [6.45, 7) is 33.6. The minimum Gasteiger partial charge on any atom is -0.444 e. The highest BCUT2D eigenvalue weighted by Crippen LogP contribution is 2.41. The first-order chi connectivity index (χ1) is 68.4. The molecule has 143 heavy (non-hydrogen) atoms. The molecule has 8 saturated heterocycles. The number of anilines is 9. The van der Waals surface area contributed by atoms with E-state index in [0.717, 1.165) is 160 Å². The van der Waals surface area contributed by atoms with Crippen LogP contribution in [0.25, 0.3) is 66.2 Å². The van der Waals surface area contributed by atoms with Crippen LogP contribution in [0.3, 0.4) is 0 Å². The highest BCUT2D eigenvalue weighted by molar-refractivity contribution is 9.11. The molecule has 0 spiro atoms. The second kappa shape index (κ2) is 48.8. The number of amides is 2. The number of carbonyl (C=O) groups is 2. The Bertz CT molecular complexity index is 6680. The molecule has 2 amide bonds. The summed E-state index contributed by atoms with van der Waals surface area (Å²) in [6, 6.07) is 8.25. The fraction of sp³-hybridized carbons (Fsp3) is 0.489. The second-order valence-corrected chi connectivity index (χ2v) is 41.4. The number of ether oxygens (including phenoxy) is 2. The van der Waals surface area contributed by atoms with Crippen LogP contribution in [0.15, 0.2) is 119 Å². The third kappa shape index (κ3) is 27.1. The lowest BCUT2D eigenvalue weighted by atomic mass is 10.2. The Morgan fingerprint density at radius 3 is 1.24 bits per heavy atom. The standard InChI is InChI=1S/C25H29FN10O2S3.C19H27FN6O2.C15H20BrN5O2.C14H19FN6.C6H3BrClN3.C6H4ClN3.C4H8FN.C2H6.CH4/c1-2-20-31-32-24(40-20)33-41(37,38)18-5-3-17(4-6-18)30-25(39)35-11-9-34(10-12-35)23-21-19(36-8-7-16(26)14-36)13-27-22(21)28-15-29-23;1-19(2,3)28-18(27)25-8-6-24(7-9-25)17-15-14(26-5-4-13(20)11-26)10-21-16(15)22-12-23-17;1-15(2,3)23-14(22)21-6-4-20(5-7-21)13-11-10(16)8-17-12(11)18-9-19-13;15-10-1-4-21(8-10)11-7-17-13-12(11)14(19-9-18-13)20-5-2-16-3-6-20;7-3-1-9-6-4(3)5(8)10-2-11-6;7-5-4-1-2-8-6(4)10-3-9-5;5-4-1-2-6-3-4;1-2;/h3-6,13,15-16H,2,7-12,14H2,1H3,(H,30,39)(H,32,33)(H,27,28,29);10,12-13H,4-9,11H2,1-3H3,(H,21,22,23);8-9H,4-7H2,1-3H3,(H,17,18,19);7,9-10,16H,1-6,8H2,(H,17,18,19);1-2H,(H,9,10,11);1-3H,(H,8,9,10);4,6H,1-3H2;1-2H3;1H4/t16-;13-;;10-;;;4-;;/m00.0..0../s1. The number of H-pyrrole nitrogens is 6. The number of hydrogen-bond acceptors (Lipinski definition) is 31. The topological polar surface area (TPSA) is 442 Å². The zero-order valence-corrected chi connectivity index (χ0v) is 87.2. The molecule has 0 bridgehead atoms. The van der Waals surface area contributed by atoms with Gasteiger partial charge in [-0.3, -0.25) is 4.72 Å². The number of aryl methyl sites for hydroxylation is 1. The largest absolute Gasteiger partial charge is 0.444 e. The molecule has 8 aliphatic heterocycles. The Balaban J connectivity index is 0.000000140. The van der Waals surface area contributed by atoms with Crippen LogP contribution in [0, 0.1) is 0 Å². The third-order valence-electron chi connectivity index (χ3n) is 23.9. The van der Waals surface area contributed by atoms with Crippen molar-refractivity contribution in [3.63, 3.8) is 0 Å². The van der Waals surface area contributed by atoms with Crippen molar-refractivity contribution in [3.05, 3.63) is 130 Å². The van der Waals surface area contributed by atoms with Gasteiger partial charge in [0.1, 0.15) is 146 Å². The molecule has 0 aliphatic carbocycles. The molecule has 8 aliphatic rings. The smallest absolute Gasteiger partial charge is 0.410 e. The van der Waals surface area contributed by atoms with Gasteiger partial charge < -0.3 is 104 Å². The normalized spacial score (nSPS) is 18.2. The molecule has 1 aromatic carbocycles. The van der Waals surface area contributed by atoms with Crippen LogP contribution in [-0.2, 0) is 25.9 Å². The number of aromatic nitrogens is 20. The summed E-state index contributed by atoms with van der Waals surface area (Å²) in [6.07, 6.45) is 19.9. The van der Waals surface area contributed by atoms with Crippen molar-refractivity contribution < 1.29 is 45.0 Å². The van der Waals surface area contributed by atoms with Crippen molar-refractivity contribution in [2.45, 2.75) is 143 Å². The van der Waals surface area contributed by atoms with Crippen molar-refractivity contribution in [2.24, 2.45) is 0 Å². The van der Waals surface area contributed by atoms with E-state index in [4.69, 9.17) is 44.9 Å². The second-order valence-electron chi connectivity index (χ2n) is 35.9. The Hall–Kier alpha value is -11.7. The number of rotatable bonds is 12. The molecule has 22 rings (SSSR count). The third-order valence-corrected chi connectivity index (χ3v) is 28.6. The van der Waals surface area contributed by atoms with E-state index in [-0.39, 0.29) is 29.6 Å². The SMILES string of the molecule is C.CC.CC(C)(C)OC(=O)N1CCN(c2ncnc3[nH]cc(Br)c23)CC1.CC(C)(C)OC(=O)N1CCN(c2ncnc3[nH]cc(N4CC[C@H](F)C4)c23)CC1.CCc1nnc(NS(=O)(=O)c2ccc(NC(=S)N3CCN(c4ncnc5[nH]cc(N6CC[C@H](F)C6)c45)CC3)cc2)s1.Clc1ncnc2[nH]cc(Br)c12.Clc1ncnc2[nH]ccc12.F[C@H]1CCN(c2c[nH]c3ncnc(N4CCNCC4)c23)C1.F[C@H]1CCNC1. The van der Waals surface area contributed by atoms with E-state index < -0.39 is 45.9 Å². The van der Waals surface area contributed by atoms with Crippen LogP contribution in [-0.4, -0.2) is 333 Å². The molecule has 13 aromatic heterocycles. The minimum atomic E-state index is -3.78. The highest BCUT2D eigenvalue weighted by Gasteiger charge is 2.35. The van der Waals surface area contributed by atoms with E-state index in [0.29, 0.717) is 171 Å². The van der Waals surface area contributed by atoms with Crippen LogP contribution < -0.4 is 55.0 Å². The minimum absolute atomic E-state index is 0. The number of sulfonamides is 1. The van der Waals surface area contributed by atoms with E-state index in [1.165, 1.54) is 36.1 Å². The van der Waals surface area contributed by atoms with E-state index in [9.17, 15) is 35.6 Å². The molecule has 40 nitrogen and oxygen atoms in total. The van der Waals surface area contributed by atoms with Crippen molar-refractivity contribution >= 4 is 223 Å². The summed E-state index contributed by atoms with van der Waals surface area (Å²) >= 11 is 25.3. The van der Waals surface area contributed by atoms with Crippen molar-refractivity contribution in [1.29, 1.82) is 0 Å². The number of piperazine rings is 4. The number of fused-ring (bicyclic) bond motifs is 6. The van der Waals surface area contributed by atoms with Gasteiger partial charge in [-0.2, -0.15) is 0 Å². The van der Waals surface area contributed by atoms with Gasteiger partial charge in [0.25, 0.3) is 10.0 Å². The van der Waals surface area contributed by atoms with Crippen molar-refractivity contribution in [2.75, 3.05) is 201 Å². The van der Waals surface area contributed by atoms with E-state index >= 15 is 0 Å². The maximum absolute atomic E-state index is 13.9.